The van der Waals surface area contributed by atoms with Crippen LogP contribution in [0.3, 0.4) is 0 Å². The third-order valence-electron chi connectivity index (χ3n) is 6.16. The first-order chi connectivity index (χ1) is 17.0. The van der Waals surface area contributed by atoms with E-state index in [9.17, 15) is 4.79 Å². The Balaban J connectivity index is 1.46. The third-order valence-corrected chi connectivity index (χ3v) is 7.11. The molecule has 1 aliphatic rings. The summed E-state index contributed by atoms with van der Waals surface area (Å²) in [6.07, 6.45) is 0.106. The minimum Gasteiger partial charge on any atom is -0.372 e. The number of amides is 1. The van der Waals surface area contributed by atoms with Gasteiger partial charge in [0.15, 0.2) is 11.0 Å². The first-order valence-electron chi connectivity index (χ1n) is 12.0. The molecule has 1 saturated heterocycles. The van der Waals surface area contributed by atoms with Crippen molar-refractivity contribution in [3.05, 3.63) is 60.7 Å². The lowest BCUT2D eigenvalue weighted by Gasteiger charge is -2.35. The predicted octanol–water partition coefficient (Wildman–Crippen LogP) is 4.91. The van der Waals surface area contributed by atoms with E-state index in [0.29, 0.717) is 25.4 Å². The summed E-state index contributed by atoms with van der Waals surface area (Å²) in [7, 11) is 0. The van der Waals surface area contributed by atoms with Gasteiger partial charge in [0.1, 0.15) is 0 Å². The first-order valence-corrected chi connectivity index (χ1v) is 13.0. The Hall–Kier alpha value is -3.23. The van der Waals surface area contributed by atoms with Crippen molar-refractivity contribution in [2.45, 2.75) is 44.7 Å². The van der Waals surface area contributed by atoms with Crippen LogP contribution in [0.5, 0.6) is 0 Å². The molecule has 8 heteroatoms. The third kappa shape index (κ3) is 4.94. The highest BCUT2D eigenvalue weighted by Crippen LogP contribution is 2.33. The number of fused-ring (bicyclic) bond motifs is 1. The molecule has 2 unspecified atom stereocenters. The standard InChI is InChI=1S/C27H29N5O2S/c1-4-32-26(29-30-27(32)35-17-25(33)31-15-18(2)34-19(3)16-31)22-14-24(20-10-6-5-7-11-20)28-23-13-9-8-12-21(22)23/h5-14,18-19H,4,15-17H2,1-3H3. The molecule has 0 radical (unpaired) electrons. The topological polar surface area (TPSA) is 73.1 Å². The number of morpholine rings is 1. The molecule has 0 saturated carbocycles. The number of pyridine rings is 1. The normalized spacial score (nSPS) is 18.2. The maximum atomic E-state index is 12.9. The van der Waals surface area contributed by atoms with Crippen LogP contribution in [0.2, 0.25) is 0 Å². The molecule has 2 atom stereocenters. The summed E-state index contributed by atoms with van der Waals surface area (Å²) >= 11 is 1.44. The van der Waals surface area contributed by atoms with E-state index >= 15 is 0 Å². The van der Waals surface area contributed by atoms with Crippen molar-refractivity contribution < 1.29 is 9.53 Å². The summed E-state index contributed by atoms with van der Waals surface area (Å²) in [6, 6.07) is 20.3. The van der Waals surface area contributed by atoms with Gasteiger partial charge >= 0.3 is 0 Å². The van der Waals surface area contributed by atoms with E-state index in [1.807, 2.05) is 55.1 Å². The van der Waals surface area contributed by atoms with Gasteiger partial charge in [-0.05, 0) is 32.9 Å². The van der Waals surface area contributed by atoms with Gasteiger partial charge in [0.2, 0.25) is 5.91 Å². The maximum absolute atomic E-state index is 12.9. The van der Waals surface area contributed by atoms with Crippen LogP contribution in [0.1, 0.15) is 20.8 Å². The molecular formula is C27H29N5O2S. The molecule has 2 aromatic heterocycles. The second-order valence-electron chi connectivity index (χ2n) is 8.83. The molecule has 1 aliphatic heterocycles. The fraction of sp³-hybridized carbons (Fsp3) is 0.333. The Morgan fingerprint density at radius 3 is 2.49 bits per heavy atom. The average Bonchev–Trinajstić information content (AvgIpc) is 3.29. The molecule has 1 fully saturated rings. The fourth-order valence-corrected chi connectivity index (χ4v) is 5.50. The van der Waals surface area contributed by atoms with Crippen molar-refractivity contribution in [2.75, 3.05) is 18.8 Å². The van der Waals surface area contributed by atoms with Gasteiger partial charge < -0.3 is 14.2 Å². The highest BCUT2D eigenvalue weighted by Gasteiger charge is 2.26. The molecule has 1 amide bonds. The zero-order valence-electron chi connectivity index (χ0n) is 20.2. The minimum atomic E-state index is 0.0531. The molecular weight excluding hydrogens is 458 g/mol. The molecule has 3 heterocycles. The van der Waals surface area contributed by atoms with Gasteiger partial charge in [0, 0.05) is 36.1 Å². The van der Waals surface area contributed by atoms with E-state index < -0.39 is 0 Å². The van der Waals surface area contributed by atoms with Crippen molar-refractivity contribution in [1.82, 2.24) is 24.6 Å². The summed E-state index contributed by atoms with van der Waals surface area (Å²) < 4.78 is 7.84. The average molecular weight is 488 g/mol. The van der Waals surface area contributed by atoms with E-state index in [-0.39, 0.29) is 18.1 Å². The lowest BCUT2D eigenvalue weighted by atomic mass is 10.0. The number of nitrogens with zero attached hydrogens (tertiary/aromatic N) is 5. The summed E-state index contributed by atoms with van der Waals surface area (Å²) in [5.41, 5.74) is 3.84. The number of aromatic nitrogens is 4. The number of carbonyl (C=O) groups excluding carboxylic acids is 1. The highest BCUT2D eigenvalue weighted by atomic mass is 32.2. The van der Waals surface area contributed by atoms with E-state index in [0.717, 1.165) is 38.7 Å². The zero-order valence-corrected chi connectivity index (χ0v) is 21.0. The second kappa shape index (κ2) is 10.2. The Labute approximate surface area is 209 Å². The van der Waals surface area contributed by atoms with Gasteiger partial charge in [0.05, 0.1) is 29.2 Å². The van der Waals surface area contributed by atoms with Gasteiger partial charge in [-0.3, -0.25) is 4.79 Å². The van der Waals surface area contributed by atoms with Gasteiger partial charge in [-0.15, -0.1) is 10.2 Å². The summed E-state index contributed by atoms with van der Waals surface area (Å²) in [6.45, 7) is 8.03. The van der Waals surface area contributed by atoms with Crippen molar-refractivity contribution in [3.63, 3.8) is 0 Å². The van der Waals surface area contributed by atoms with Crippen LogP contribution in [0.25, 0.3) is 33.5 Å². The molecule has 180 valence electrons. The molecule has 7 nitrogen and oxygen atoms in total. The quantitative estimate of drug-likeness (QED) is 0.360. The number of rotatable bonds is 6. The van der Waals surface area contributed by atoms with Crippen LogP contribution in [0, 0.1) is 0 Å². The van der Waals surface area contributed by atoms with Crippen LogP contribution >= 0.6 is 11.8 Å². The van der Waals surface area contributed by atoms with E-state index in [1.54, 1.807) is 0 Å². The van der Waals surface area contributed by atoms with Crippen molar-refractivity contribution in [1.29, 1.82) is 0 Å². The fourth-order valence-electron chi connectivity index (χ4n) is 4.60. The SMILES string of the molecule is CCn1c(SCC(=O)N2CC(C)OC(C)C2)nnc1-c1cc(-c2ccccc2)nc2ccccc12. The van der Waals surface area contributed by atoms with Crippen LogP contribution < -0.4 is 0 Å². The van der Waals surface area contributed by atoms with Crippen molar-refractivity contribution >= 4 is 28.6 Å². The molecule has 0 N–H and O–H groups in total. The van der Waals surface area contributed by atoms with Crippen LogP contribution in [-0.4, -0.2) is 61.6 Å². The Morgan fingerprint density at radius 2 is 1.74 bits per heavy atom. The monoisotopic (exact) mass is 487 g/mol. The van der Waals surface area contributed by atoms with Crippen molar-refractivity contribution in [3.8, 4) is 22.6 Å². The predicted molar refractivity (Wildman–Crippen MR) is 139 cm³/mol. The summed E-state index contributed by atoms with van der Waals surface area (Å²) in [4.78, 5) is 19.7. The first kappa shape index (κ1) is 23.5. The second-order valence-corrected chi connectivity index (χ2v) is 9.78. The Morgan fingerprint density at radius 1 is 1.03 bits per heavy atom. The number of benzene rings is 2. The van der Waals surface area contributed by atoms with Crippen LogP contribution in [0.4, 0.5) is 0 Å². The number of para-hydroxylation sites is 1. The largest absolute Gasteiger partial charge is 0.372 e. The lowest BCUT2D eigenvalue weighted by Crippen LogP contribution is -2.48. The zero-order chi connectivity index (χ0) is 24.4. The maximum Gasteiger partial charge on any atom is 0.233 e. The number of thioether (sulfide) groups is 1. The number of hydrogen-bond donors (Lipinski definition) is 0. The number of ether oxygens (including phenoxy) is 1. The van der Waals surface area contributed by atoms with Gasteiger partial charge in [-0.1, -0.05) is 60.3 Å². The van der Waals surface area contributed by atoms with E-state index in [1.165, 1.54) is 11.8 Å². The lowest BCUT2D eigenvalue weighted by molar-refractivity contribution is -0.140. The van der Waals surface area contributed by atoms with Crippen molar-refractivity contribution in [2.24, 2.45) is 0 Å². The van der Waals surface area contributed by atoms with Crippen LogP contribution in [0.15, 0.2) is 65.8 Å². The summed E-state index contributed by atoms with van der Waals surface area (Å²) in [5.74, 6) is 1.21. The molecule has 4 aromatic rings. The van der Waals surface area contributed by atoms with Gasteiger partial charge in [0.25, 0.3) is 0 Å². The highest BCUT2D eigenvalue weighted by molar-refractivity contribution is 7.99. The summed E-state index contributed by atoms with van der Waals surface area (Å²) in [5, 5.41) is 10.8. The van der Waals surface area contributed by atoms with Gasteiger partial charge in [-0.2, -0.15) is 0 Å². The molecule has 2 aromatic carbocycles. The molecule has 5 rings (SSSR count). The molecule has 0 aliphatic carbocycles. The number of carbonyl (C=O) groups is 1. The smallest absolute Gasteiger partial charge is 0.233 e. The van der Waals surface area contributed by atoms with Gasteiger partial charge in [-0.25, -0.2) is 4.98 Å². The van der Waals surface area contributed by atoms with Crippen LogP contribution in [-0.2, 0) is 16.1 Å². The van der Waals surface area contributed by atoms with E-state index in [2.05, 4.69) is 46.0 Å². The van der Waals surface area contributed by atoms with E-state index in [4.69, 9.17) is 9.72 Å². The Kier molecular flexibility index (Phi) is 6.83. The molecule has 0 bridgehead atoms. The Bertz CT molecular complexity index is 1330. The molecule has 35 heavy (non-hydrogen) atoms. The minimum absolute atomic E-state index is 0.0531. The number of hydrogen-bond acceptors (Lipinski definition) is 6. The molecule has 0 spiro atoms.